The van der Waals surface area contributed by atoms with Gasteiger partial charge in [-0.1, -0.05) is 17.7 Å². The number of nitriles is 1. The van der Waals surface area contributed by atoms with Crippen LogP contribution >= 0.6 is 11.6 Å². The summed E-state index contributed by atoms with van der Waals surface area (Å²) in [5.41, 5.74) is 2.62. The largest absolute Gasteiger partial charge is 0.338 e. The van der Waals surface area contributed by atoms with E-state index in [0.717, 1.165) is 5.57 Å². The molecule has 0 fully saturated rings. The van der Waals surface area contributed by atoms with Crippen LogP contribution < -0.4 is 10.2 Å². The van der Waals surface area contributed by atoms with Crippen LogP contribution in [0.15, 0.2) is 54.6 Å². The van der Waals surface area contributed by atoms with E-state index < -0.39 is 5.82 Å². The third-order valence-electron chi connectivity index (χ3n) is 4.11. The minimum atomic E-state index is -0.495. The van der Waals surface area contributed by atoms with Crippen LogP contribution in [0.4, 0.5) is 21.8 Å². The van der Waals surface area contributed by atoms with Gasteiger partial charge in [-0.05, 0) is 29.8 Å². The van der Waals surface area contributed by atoms with Gasteiger partial charge in [-0.15, -0.1) is 0 Å². The Bertz CT molecular complexity index is 1150. The van der Waals surface area contributed by atoms with Crippen molar-refractivity contribution < 1.29 is 4.39 Å². The van der Waals surface area contributed by atoms with Crippen LogP contribution in [0.2, 0.25) is 5.02 Å². The number of aromatic nitrogens is 4. The highest BCUT2D eigenvalue weighted by atomic mass is 35.5. The Morgan fingerprint density at radius 3 is 2.93 bits per heavy atom. The van der Waals surface area contributed by atoms with Crippen LogP contribution in [0.25, 0.3) is 11.0 Å². The molecule has 0 saturated carbocycles. The maximum absolute atomic E-state index is 13.4. The van der Waals surface area contributed by atoms with Gasteiger partial charge in [0.1, 0.15) is 23.2 Å². The standard InChI is InChI=1S/C19H13ClFN7/c20-14-9-13(1-2-15(14)21)26-18-17-16(24-11-25-18)10-23-19(27-17)28-7-4-12(3-6-22)5-8-28/h1-2,4-5,7,9-11H,3,8H2,(H,24,25,26). The van der Waals surface area contributed by atoms with Gasteiger partial charge in [0.2, 0.25) is 5.95 Å². The smallest absolute Gasteiger partial charge is 0.230 e. The molecular formula is C19H13ClFN7. The molecule has 3 heterocycles. The molecule has 0 unspecified atom stereocenters. The number of fused-ring (bicyclic) bond motifs is 1. The first-order valence-corrected chi connectivity index (χ1v) is 8.72. The number of benzene rings is 1. The van der Waals surface area contributed by atoms with Crippen LogP contribution in [-0.4, -0.2) is 26.5 Å². The lowest BCUT2D eigenvalue weighted by Crippen LogP contribution is -2.21. The molecule has 28 heavy (non-hydrogen) atoms. The molecule has 1 aromatic carbocycles. The summed E-state index contributed by atoms with van der Waals surface area (Å²) in [5.74, 6) is 0.439. The van der Waals surface area contributed by atoms with Crippen molar-refractivity contribution in [1.29, 1.82) is 5.26 Å². The quantitative estimate of drug-likeness (QED) is 0.712. The second-order valence-corrected chi connectivity index (χ2v) is 6.37. The van der Waals surface area contributed by atoms with Crippen molar-refractivity contribution in [3.05, 3.63) is 65.5 Å². The third kappa shape index (κ3) is 3.61. The fourth-order valence-electron chi connectivity index (χ4n) is 2.69. The molecule has 0 saturated heterocycles. The maximum atomic E-state index is 13.4. The lowest BCUT2D eigenvalue weighted by molar-refractivity contribution is 0.628. The first kappa shape index (κ1) is 17.8. The Morgan fingerprint density at radius 1 is 1.29 bits per heavy atom. The predicted molar refractivity (Wildman–Crippen MR) is 105 cm³/mol. The van der Waals surface area contributed by atoms with Gasteiger partial charge in [0, 0.05) is 18.4 Å². The van der Waals surface area contributed by atoms with Gasteiger partial charge < -0.3 is 10.2 Å². The summed E-state index contributed by atoms with van der Waals surface area (Å²) < 4.78 is 13.4. The molecule has 3 aromatic rings. The van der Waals surface area contributed by atoms with E-state index in [0.29, 0.717) is 41.5 Å². The molecule has 0 bridgehead atoms. The monoisotopic (exact) mass is 393 g/mol. The van der Waals surface area contributed by atoms with E-state index in [9.17, 15) is 4.39 Å². The average molecular weight is 394 g/mol. The van der Waals surface area contributed by atoms with Gasteiger partial charge in [0.25, 0.3) is 0 Å². The molecule has 0 amide bonds. The van der Waals surface area contributed by atoms with Gasteiger partial charge in [-0.3, -0.25) is 0 Å². The molecule has 0 radical (unpaired) electrons. The van der Waals surface area contributed by atoms with Crippen LogP contribution in [0.3, 0.4) is 0 Å². The zero-order valence-electron chi connectivity index (χ0n) is 14.5. The SMILES string of the molecule is N#CCC1=CCN(c2ncc3ncnc(Nc4ccc(F)c(Cl)c4)c3n2)C=C1. The average Bonchev–Trinajstić information content (AvgIpc) is 2.72. The molecule has 1 aliphatic heterocycles. The Labute approximate surface area is 164 Å². The third-order valence-corrected chi connectivity index (χ3v) is 4.40. The maximum Gasteiger partial charge on any atom is 0.230 e. The molecule has 4 rings (SSSR count). The van der Waals surface area contributed by atoms with Crippen LogP contribution in [0, 0.1) is 17.1 Å². The summed E-state index contributed by atoms with van der Waals surface area (Å²) in [5, 5.41) is 11.9. The van der Waals surface area contributed by atoms with E-state index in [4.69, 9.17) is 16.9 Å². The fourth-order valence-corrected chi connectivity index (χ4v) is 2.87. The number of hydrogen-bond donors (Lipinski definition) is 1. The lowest BCUT2D eigenvalue weighted by atomic mass is 10.1. The van der Waals surface area contributed by atoms with Crippen molar-refractivity contribution in [3.8, 4) is 6.07 Å². The molecule has 9 heteroatoms. The Kier molecular flexibility index (Phi) is 4.83. The highest BCUT2D eigenvalue weighted by molar-refractivity contribution is 6.31. The Balaban J connectivity index is 1.66. The highest BCUT2D eigenvalue weighted by Gasteiger charge is 2.14. The summed E-state index contributed by atoms with van der Waals surface area (Å²) >= 11 is 5.85. The van der Waals surface area contributed by atoms with Crippen molar-refractivity contribution in [2.24, 2.45) is 0 Å². The summed E-state index contributed by atoms with van der Waals surface area (Å²) in [6.07, 6.45) is 9.04. The van der Waals surface area contributed by atoms with Crippen molar-refractivity contribution in [2.45, 2.75) is 6.42 Å². The first-order chi connectivity index (χ1) is 13.6. The van der Waals surface area contributed by atoms with Gasteiger partial charge in [0.05, 0.1) is 23.7 Å². The number of rotatable bonds is 4. The molecular weight excluding hydrogens is 381 g/mol. The number of hydrogen-bond acceptors (Lipinski definition) is 7. The van der Waals surface area contributed by atoms with Crippen molar-refractivity contribution >= 4 is 40.1 Å². The summed E-state index contributed by atoms with van der Waals surface area (Å²) in [6.45, 7) is 0.559. The second kappa shape index (κ2) is 7.58. The van der Waals surface area contributed by atoms with Crippen molar-refractivity contribution in [3.63, 3.8) is 0 Å². The highest BCUT2D eigenvalue weighted by Crippen LogP contribution is 2.26. The van der Waals surface area contributed by atoms with Crippen molar-refractivity contribution in [2.75, 3.05) is 16.8 Å². The molecule has 0 spiro atoms. The topological polar surface area (TPSA) is 90.6 Å². The van der Waals surface area contributed by atoms with E-state index in [1.165, 1.54) is 18.5 Å². The van der Waals surface area contributed by atoms with Crippen LogP contribution in [0.1, 0.15) is 6.42 Å². The van der Waals surface area contributed by atoms with Crippen LogP contribution in [-0.2, 0) is 0 Å². The molecule has 0 atom stereocenters. The van der Waals surface area contributed by atoms with Gasteiger partial charge in [0.15, 0.2) is 5.82 Å². The minimum absolute atomic E-state index is 0.0112. The van der Waals surface area contributed by atoms with E-state index in [1.807, 2.05) is 23.3 Å². The zero-order chi connectivity index (χ0) is 19.5. The molecule has 138 valence electrons. The number of allylic oxidation sites excluding steroid dienone is 2. The second-order valence-electron chi connectivity index (χ2n) is 5.96. The van der Waals surface area contributed by atoms with Crippen molar-refractivity contribution in [1.82, 2.24) is 19.9 Å². The van der Waals surface area contributed by atoms with E-state index in [2.05, 4.69) is 31.3 Å². The number of halogens is 2. The normalized spacial score (nSPS) is 13.3. The lowest BCUT2D eigenvalue weighted by Gasteiger charge is -2.20. The van der Waals surface area contributed by atoms with E-state index in [1.54, 1.807) is 12.3 Å². The van der Waals surface area contributed by atoms with Gasteiger partial charge in [-0.2, -0.15) is 5.26 Å². The molecule has 1 N–H and O–H groups in total. The number of anilines is 3. The van der Waals surface area contributed by atoms with Gasteiger partial charge >= 0.3 is 0 Å². The number of nitrogens with one attached hydrogen (secondary N) is 1. The Morgan fingerprint density at radius 2 is 2.18 bits per heavy atom. The summed E-state index contributed by atoms with van der Waals surface area (Å²) in [7, 11) is 0. The molecule has 1 aliphatic rings. The summed E-state index contributed by atoms with van der Waals surface area (Å²) in [6, 6.07) is 6.44. The minimum Gasteiger partial charge on any atom is -0.338 e. The van der Waals surface area contributed by atoms with E-state index >= 15 is 0 Å². The first-order valence-electron chi connectivity index (χ1n) is 8.34. The molecule has 7 nitrogen and oxygen atoms in total. The molecule has 2 aromatic heterocycles. The zero-order valence-corrected chi connectivity index (χ0v) is 15.2. The van der Waals surface area contributed by atoms with E-state index in [-0.39, 0.29) is 5.02 Å². The Hall–Kier alpha value is -3.57. The van der Waals surface area contributed by atoms with Crippen LogP contribution in [0.5, 0.6) is 0 Å². The predicted octanol–water partition coefficient (Wildman–Crippen LogP) is 4.13. The fraction of sp³-hybridized carbons (Fsp3) is 0.105. The number of nitrogens with zero attached hydrogens (tertiary/aromatic N) is 6. The molecule has 0 aliphatic carbocycles. The summed E-state index contributed by atoms with van der Waals surface area (Å²) in [4.78, 5) is 19.2. The van der Waals surface area contributed by atoms with Gasteiger partial charge in [-0.25, -0.2) is 24.3 Å².